The van der Waals surface area contributed by atoms with Crippen LogP contribution in [0.2, 0.25) is 5.02 Å². The molecule has 0 aliphatic carbocycles. The quantitative estimate of drug-likeness (QED) is 0.841. The zero-order chi connectivity index (χ0) is 13.5. The highest BCUT2D eigenvalue weighted by molar-refractivity contribution is 6.33. The monoisotopic (exact) mass is 280 g/mol. The van der Waals surface area contributed by atoms with Crippen molar-refractivity contribution >= 4 is 11.6 Å². The van der Waals surface area contributed by atoms with Gasteiger partial charge in [0.2, 0.25) is 0 Å². The van der Waals surface area contributed by atoms with Crippen molar-refractivity contribution in [3.63, 3.8) is 0 Å². The van der Waals surface area contributed by atoms with E-state index in [1.807, 2.05) is 0 Å². The third-order valence-corrected chi connectivity index (χ3v) is 2.37. The van der Waals surface area contributed by atoms with Gasteiger partial charge in [0.1, 0.15) is 5.69 Å². The molecular formula is C9H4ClF3N2O3. The molecule has 0 fully saturated rings. The van der Waals surface area contributed by atoms with E-state index >= 15 is 0 Å². The molecule has 0 aliphatic heterocycles. The van der Waals surface area contributed by atoms with Crippen LogP contribution in [0, 0.1) is 0 Å². The third kappa shape index (κ3) is 2.06. The molecule has 0 radical (unpaired) electrons. The first kappa shape index (κ1) is 12.5. The molecule has 0 saturated carbocycles. The molecule has 2 N–H and O–H groups in total. The number of nitrogens with zero attached hydrogens (tertiary/aromatic N) is 1. The summed E-state index contributed by atoms with van der Waals surface area (Å²) in [6, 6.07) is 0.607. The Kier molecular flexibility index (Phi) is 2.81. The van der Waals surface area contributed by atoms with Crippen LogP contribution in [0.15, 0.2) is 21.6 Å². The van der Waals surface area contributed by atoms with E-state index in [0.717, 1.165) is 0 Å². The Labute approximate surface area is 102 Å². The summed E-state index contributed by atoms with van der Waals surface area (Å²) in [6.45, 7) is 0. The number of aromatic nitrogens is 2. The van der Waals surface area contributed by atoms with Gasteiger partial charge in [0.25, 0.3) is 5.56 Å². The molecule has 2 rings (SSSR count). The average Bonchev–Trinajstić information content (AvgIpc) is 2.58. The number of nitrogens with one attached hydrogen (secondary N) is 1. The molecule has 0 amide bonds. The molecule has 2 aromatic rings. The van der Waals surface area contributed by atoms with E-state index in [1.165, 1.54) is 0 Å². The molecule has 96 valence electrons. The largest absolute Gasteiger partial charge is 0.479 e. The number of halogens is 4. The highest BCUT2D eigenvalue weighted by Crippen LogP contribution is 2.35. The molecule has 0 aromatic carbocycles. The van der Waals surface area contributed by atoms with Crippen molar-refractivity contribution < 1.29 is 22.8 Å². The van der Waals surface area contributed by atoms with Crippen molar-refractivity contribution in [1.29, 1.82) is 0 Å². The normalized spacial score (nSPS) is 11.8. The zero-order valence-electron chi connectivity index (χ0n) is 8.38. The van der Waals surface area contributed by atoms with Crippen molar-refractivity contribution in [2.75, 3.05) is 0 Å². The fourth-order valence-corrected chi connectivity index (χ4v) is 1.54. The van der Waals surface area contributed by atoms with Crippen molar-refractivity contribution in [2.45, 2.75) is 6.18 Å². The molecule has 2 heterocycles. The van der Waals surface area contributed by atoms with Gasteiger partial charge < -0.3 is 9.63 Å². The molecule has 0 spiro atoms. The van der Waals surface area contributed by atoms with Crippen LogP contribution in [0.4, 0.5) is 13.2 Å². The van der Waals surface area contributed by atoms with Crippen molar-refractivity contribution in [3.05, 3.63) is 33.2 Å². The van der Waals surface area contributed by atoms with Gasteiger partial charge in [-0.05, 0) is 6.07 Å². The smallest absolute Gasteiger partial charge is 0.417 e. The minimum atomic E-state index is -4.60. The summed E-state index contributed by atoms with van der Waals surface area (Å²) in [5.41, 5.74) is -2.62. The lowest BCUT2D eigenvalue weighted by atomic mass is 10.2. The second-order valence-electron chi connectivity index (χ2n) is 3.27. The molecular weight excluding hydrogens is 277 g/mol. The maximum Gasteiger partial charge on any atom is 0.417 e. The summed E-state index contributed by atoms with van der Waals surface area (Å²) in [7, 11) is 0. The molecule has 2 aromatic heterocycles. The standard InChI is InChI=1S/C9H4ClF3N2O3/c10-4-1-3(9(11,12)13)2-14-6(4)5-7(16)15-18-8(5)17/h1-2,17H,(H,15,16). The fraction of sp³-hybridized carbons (Fsp3) is 0.111. The predicted octanol–water partition coefficient (Wildman–Crippen LogP) is 2.41. The predicted molar refractivity (Wildman–Crippen MR) is 54.2 cm³/mol. The molecule has 0 unspecified atom stereocenters. The number of H-pyrrole nitrogens is 1. The maximum absolute atomic E-state index is 12.4. The van der Waals surface area contributed by atoms with Crippen LogP contribution < -0.4 is 5.56 Å². The summed E-state index contributed by atoms with van der Waals surface area (Å²) < 4.78 is 41.4. The lowest BCUT2D eigenvalue weighted by Gasteiger charge is -2.07. The molecule has 9 heteroatoms. The Morgan fingerprint density at radius 1 is 1.44 bits per heavy atom. The van der Waals surface area contributed by atoms with Crippen LogP contribution in [0.3, 0.4) is 0 Å². The fourth-order valence-electron chi connectivity index (χ4n) is 1.28. The first-order chi connectivity index (χ1) is 8.30. The van der Waals surface area contributed by atoms with E-state index in [-0.39, 0.29) is 5.69 Å². The molecule has 0 bridgehead atoms. The van der Waals surface area contributed by atoms with Crippen LogP contribution in [0.1, 0.15) is 5.56 Å². The molecule has 0 aliphatic rings. The first-order valence-corrected chi connectivity index (χ1v) is 4.82. The average molecular weight is 281 g/mol. The number of aromatic hydroxyl groups is 1. The van der Waals surface area contributed by atoms with E-state index in [2.05, 4.69) is 9.51 Å². The van der Waals surface area contributed by atoms with Crippen molar-refractivity contribution in [2.24, 2.45) is 0 Å². The molecule has 0 atom stereocenters. The first-order valence-electron chi connectivity index (χ1n) is 4.44. The summed E-state index contributed by atoms with van der Waals surface area (Å²) in [4.78, 5) is 14.7. The SMILES string of the molecule is O=c1[nH]oc(O)c1-c1ncc(C(F)(F)F)cc1Cl. The van der Waals surface area contributed by atoms with Crippen molar-refractivity contribution in [3.8, 4) is 17.2 Å². The topological polar surface area (TPSA) is 79.1 Å². The third-order valence-electron chi connectivity index (χ3n) is 2.09. The number of pyridine rings is 1. The zero-order valence-corrected chi connectivity index (χ0v) is 9.13. The number of alkyl halides is 3. The van der Waals surface area contributed by atoms with Gasteiger partial charge >= 0.3 is 12.1 Å². The number of aromatic amines is 1. The van der Waals surface area contributed by atoms with E-state index in [0.29, 0.717) is 12.3 Å². The minimum absolute atomic E-state index is 0.294. The van der Waals surface area contributed by atoms with Gasteiger partial charge in [-0.15, -0.1) is 0 Å². The lowest BCUT2D eigenvalue weighted by Crippen LogP contribution is -2.07. The molecule has 5 nitrogen and oxygen atoms in total. The van der Waals surface area contributed by atoms with Gasteiger partial charge in [-0.3, -0.25) is 9.78 Å². The lowest BCUT2D eigenvalue weighted by molar-refractivity contribution is -0.137. The van der Waals surface area contributed by atoms with E-state index < -0.39 is 33.8 Å². The molecule has 18 heavy (non-hydrogen) atoms. The number of hydrogen-bond donors (Lipinski definition) is 2. The van der Waals surface area contributed by atoms with E-state index in [1.54, 1.807) is 5.16 Å². The summed E-state index contributed by atoms with van der Waals surface area (Å²) in [5.74, 6) is -0.797. The van der Waals surface area contributed by atoms with Gasteiger partial charge in [0.05, 0.1) is 10.6 Å². The second-order valence-corrected chi connectivity index (χ2v) is 3.67. The van der Waals surface area contributed by atoms with E-state index in [4.69, 9.17) is 11.6 Å². The Hall–Kier alpha value is -1.96. The van der Waals surface area contributed by atoms with Crippen LogP contribution in [-0.2, 0) is 6.18 Å². The van der Waals surface area contributed by atoms with Gasteiger partial charge in [-0.25, -0.2) is 0 Å². The van der Waals surface area contributed by atoms with Crippen LogP contribution in [0.5, 0.6) is 5.95 Å². The van der Waals surface area contributed by atoms with Gasteiger partial charge in [-0.2, -0.15) is 18.3 Å². The van der Waals surface area contributed by atoms with Gasteiger partial charge in [0, 0.05) is 6.20 Å². The number of hydrogen-bond acceptors (Lipinski definition) is 4. The Bertz CT molecular complexity index is 647. The van der Waals surface area contributed by atoms with E-state index in [9.17, 15) is 23.1 Å². The summed E-state index contributed by atoms with van der Waals surface area (Å²) in [6.07, 6.45) is -4.09. The minimum Gasteiger partial charge on any atom is -0.479 e. The maximum atomic E-state index is 12.4. The summed E-state index contributed by atoms with van der Waals surface area (Å²) >= 11 is 5.60. The Morgan fingerprint density at radius 3 is 2.56 bits per heavy atom. The highest BCUT2D eigenvalue weighted by Gasteiger charge is 2.32. The van der Waals surface area contributed by atoms with Crippen molar-refractivity contribution in [1.82, 2.24) is 10.1 Å². The Morgan fingerprint density at radius 2 is 2.11 bits per heavy atom. The Balaban J connectivity index is 2.59. The van der Waals surface area contributed by atoms with Gasteiger partial charge in [-0.1, -0.05) is 11.6 Å². The van der Waals surface area contributed by atoms with Crippen LogP contribution in [0.25, 0.3) is 11.3 Å². The molecule has 0 saturated heterocycles. The number of rotatable bonds is 1. The second kappa shape index (κ2) is 4.05. The van der Waals surface area contributed by atoms with Crippen LogP contribution in [-0.4, -0.2) is 15.2 Å². The highest BCUT2D eigenvalue weighted by atomic mass is 35.5. The summed E-state index contributed by atoms with van der Waals surface area (Å²) in [5, 5.41) is 10.6. The van der Waals surface area contributed by atoms with Gasteiger partial charge in [0.15, 0.2) is 5.56 Å². The van der Waals surface area contributed by atoms with Crippen LogP contribution >= 0.6 is 11.6 Å².